The number of benzene rings is 1. The molecule has 0 saturated carbocycles. The molecule has 17 heavy (non-hydrogen) atoms. The predicted octanol–water partition coefficient (Wildman–Crippen LogP) is 3.26. The van der Waals surface area contributed by atoms with Gasteiger partial charge < -0.3 is 0 Å². The lowest BCUT2D eigenvalue weighted by molar-refractivity contribution is 0.0984. The zero-order valence-corrected chi connectivity index (χ0v) is 11.5. The van der Waals surface area contributed by atoms with E-state index in [1.807, 2.05) is 24.3 Å². The van der Waals surface area contributed by atoms with E-state index in [9.17, 15) is 4.79 Å². The molecule has 0 atom stereocenters. The van der Waals surface area contributed by atoms with Gasteiger partial charge in [-0.15, -0.1) is 0 Å². The molecule has 0 radical (unpaired) electrons. The highest BCUT2D eigenvalue weighted by Gasteiger charge is 2.15. The molecule has 2 aromatic rings. The average molecular weight is 314 g/mol. The Bertz CT molecular complexity index is 529. The van der Waals surface area contributed by atoms with Crippen molar-refractivity contribution >= 4 is 33.3 Å². The van der Waals surface area contributed by atoms with Crippen molar-refractivity contribution in [3.8, 4) is 0 Å². The third kappa shape index (κ3) is 2.76. The van der Waals surface area contributed by atoms with Crippen LogP contribution in [0.15, 0.2) is 34.9 Å². The minimum Gasteiger partial charge on any atom is -0.292 e. The molecule has 0 spiro atoms. The third-order valence-corrected chi connectivity index (χ3v) is 3.24. The summed E-state index contributed by atoms with van der Waals surface area (Å²) in [6.45, 7) is 0. The normalized spacial score (nSPS) is 10.5. The van der Waals surface area contributed by atoms with Crippen LogP contribution < -0.4 is 0 Å². The van der Waals surface area contributed by atoms with Gasteiger partial charge >= 0.3 is 0 Å². The maximum atomic E-state index is 12.0. The molecule has 0 saturated heterocycles. The number of ketones is 1. The summed E-state index contributed by atoms with van der Waals surface area (Å²) in [7, 11) is 1.71. The summed E-state index contributed by atoms with van der Waals surface area (Å²) in [4.78, 5) is 12.0. The SMILES string of the molecule is Cn1ncc(Cl)c1C(=O)Cc1ccc(Br)cc1. The van der Waals surface area contributed by atoms with Gasteiger partial charge in [0.15, 0.2) is 5.78 Å². The molecule has 0 aliphatic heterocycles. The minimum absolute atomic E-state index is 0.0303. The first kappa shape index (κ1) is 12.3. The van der Waals surface area contributed by atoms with Crippen LogP contribution in [0.25, 0.3) is 0 Å². The Morgan fingerprint density at radius 1 is 1.41 bits per heavy atom. The molecule has 88 valence electrons. The third-order valence-electron chi connectivity index (χ3n) is 2.44. The van der Waals surface area contributed by atoms with Crippen molar-refractivity contribution in [2.24, 2.45) is 7.05 Å². The first-order valence-electron chi connectivity index (χ1n) is 5.03. The number of carbonyl (C=O) groups is 1. The smallest absolute Gasteiger partial charge is 0.186 e. The van der Waals surface area contributed by atoms with Crippen molar-refractivity contribution in [1.29, 1.82) is 0 Å². The number of hydrogen-bond donors (Lipinski definition) is 0. The molecule has 0 aliphatic carbocycles. The summed E-state index contributed by atoms with van der Waals surface area (Å²) < 4.78 is 2.50. The Kier molecular flexibility index (Phi) is 3.64. The van der Waals surface area contributed by atoms with Crippen LogP contribution in [0.1, 0.15) is 16.1 Å². The topological polar surface area (TPSA) is 34.9 Å². The lowest BCUT2D eigenvalue weighted by Crippen LogP contribution is -2.10. The quantitative estimate of drug-likeness (QED) is 0.815. The summed E-state index contributed by atoms with van der Waals surface area (Å²) >= 11 is 9.27. The summed E-state index contributed by atoms with van der Waals surface area (Å²) in [5, 5.41) is 4.35. The number of Topliss-reactive ketones (excluding diaryl/α,β-unsaturated/α-hetero) is 1. The predicted molar refractivity (Wildman–Crippen MR) is 70.4 cm³/mol. The molecular formula is C12H10BrClN2O. The fourth-order valence-electron chi connectivity index (χ4n) is 1.60. The molecule has 0 fully saturated rings. The first-order chi connectivity index (χ1) is 8.08. The molecule has 0 bridgehead atoms. The number of aromatic nitrogens is 2. The van der Waals surface area contributed by atoms with Crippen LogP contribution in [-0.2, 0) is 13.5 Å². The standard InChI is InChI=1S/C12H10BrClN2O/c1-16-12(10(14)7-15-16)11(17)6-8-2-4-9(13)5-3-8/h2-5,7H,6H2,1H3. The second-order valence-corrected chi connectivity index (χ2v) is 5.01. The highest BCUT2D eigenvalue weighted by Crippen LogP contribution is 2.17. The largest absolute Gasteiger partial charge is 0.292 e. The molecule has 1 heterocycles. The molecule has 0 amide bonds. The van der Waals surface area contributed by atoms with E-state index >= 15 is 0 Å². The Hall–Kier alpha value is -1.13. The van der Waals surface area contributed by atoms with E-state index in [2.05, 4.69) is 21.0 Å². The Labute approximate surface area is 113 Å². The summed E-state index contributed by atoms with van der Waals surface area (Å²) in [5.41, 5.74) is 1.41. The van der Waals surface area contributed by atoms with Crippen LogP contribution in [0.5, 0.6) is 0 Å². The molecule has 0 unspecified atom stereocenters. The number of carbonyl (C=O) groups excluding carboxylic acids is 1. The van der Waals surface area contributed by atoms with Crippen molar-refractivity contribution in [2.75, 3.05) is 0 Å². The van der Waals surface area contributed by atoms with Gasteiger partial charge in [-0.25, -0.2) is 0 Å². The average Bonchev–Trinajstić information content (AvgIpc) is 2.62. The van der Waals surface area contributed by atoms with E-state index in [0.29, 0.717) is 17.1 Å². The zero-order valence-electron chi connectivity index (χ0n) is 9.15. The first-order valence-corrected chi connectivity index (χ1v) is 6.20. The second kappa shape index (κ2) is 5.02. The van der Waals surface area contributed by atoms with E-state index in [1.54, 1.807) is 7.05 Å². The number of aryl methyl sites for hydroxylation is 1. The lowest BCUT2D eigenvalue weighted by atomic mass is 10.1. The van der Waals surface area contributed by atoms with Crippen molar-refractivity contribution in [2.45, 2.75) is 6.42 Å². The number of rotatable bonds is 3. The maximum absolute atomic E-state index is 12.0. The fourth-order valence-corrected chi connectivity index (χ4v) is 2.13. The van der Waals surface area contributed by atoms with Gasteiger partial charge in [-0.3, -0.25) is 9.48 Å². The summed E-state index contributed by atoms with van der Waals surface area (Å²) in [5.74, 6) is -0.0303. The van der Waals surface area contributed by atoms with Gasteiger partial charge in [0.2, 0.25) is 0 Å². The van der Waals surface area contributed by atoms with E-state index in [-0.39, 0.29) is 5.78 Å². The van der Waals surface area contributed by atoms with E-state index in [4.69, 9.17) is 11.6 Å². The minimum atomic E-state index is -0.0303. The van der Waals surface area contributed by atoms with Gasteiger partial charge in [0, 0.05) is 17.9 Å². The van der Waals surface area contributed by atoms with Crippen LogP contribution in [0.2, 0.25) is 5.02 Å². The summed E-state index contributed by atoms with van der Waals surface area (Å²) in [6.07, 6.45) is 1.81. The van der Waals surface area contributed by atoms with Gasteiger partial charge in [0.1, 0.15) is 5.69 Å². The van der Waals surface area contributed by atoms with Crippen molar-refractivity contribution in [3.05, 3.63) is 51.2 Å². The molecule has 1 aromatic carbocycles. The van der Waals surface area contributed by atoms with Crippen molar-refractivity contribution in [3.63, 3.8) is 0 Å². The molecule has 1 aromatic heterocycles. The Morgan fingerprint density at radius 2 is 2.06 bits per heavy atom. The summed E-state index contributed by atoms with van der Waals surface area (Å²) in [6, 6.07) is 7.64. The Morgan fingerprint density at radius 3 is 2.59 bits per heavy atom. The lowest BCUT2D eigenvalue weighted by Gasteiger charge is -2.03. The maximum Gasteiger partial charge on any atom is 0.186 e. The number of nitrogens with zero attached hydrogens (tertiary/aromatic N) is 2. The van der Waals surface area contributed by atoms with E-state index < -0.39 is 0 Å². The highest BCUT2D eigenvalue weighted by molar-refractivity contribution is 9.10. The molecule has 3 nitrogen and oxygen atoms in total. The monoisotopic (exact) mass is 312 g/mol. The van der Waals surface area contributed by atoms with Crippen LogP contribution in [-0.4, -0.2) is 15.6 Å². The van der Waals surface area contributed by atoms with Gasteiger partial charge in [-0.1, -0.05) is 39.7 Å². The molecule has 5 heteroatoms. The Balaban J connectivity index is 2.20. The van der Waals surface area contributed by atoms with Gasteiger partial charge in [0.25, 0.3) is 0 Å². The van der Waals surface area contributed by atoms with Crippen molar-refractivity contribution in [1.82, 2.24) is 9.78 Å². The zero-order chi connectivity index (χ0) is 12.4. The van der Waals surface area contributed by atoms with Crippen LogP contribution in [0, 0.1) is 0 Å². The number of hydrogen-bond acceptors (Lipinski definition) is 2. The van der Waals surface area contributed by atoms with E-state index in [1.165, 1.54) is 10.9 Å². The molecule has 2 rings (SSSR count). The second-order valence-electron chi connectivity index (χ2n) is 3.69. The van der Waals surface area contributed by atoms with Crippen LogP contribution in [0.3, 0.4) is 0 Å². The fraction of sp³-hybridized carbons (Fsp3) is 0.167. The molecular weight excluding hydrogens is 304 g/mol. The van der Waals surface area contributed by atoms with Gasteiger partial charge in [-0.2, -0.15) is 5.10 Å². The van der Waals surface area contributed by atoms with Crippen LogP contribution in [0.4, 0.5) is 0 Å². The molecule has 0 aliphatic rings. The van der Waals surface area contributed by atoms with E-state index in [0.717, 1.165) is 10.0 Å². The number of halogens is 2. The highest BCUT2D eigenvalue weighted by atomic mass is 79.9. The van der Waals surface area contributed by atoms with Gasteiger partial charge in [-0.05, 0) is 17.7 Å². The van der Waals surface area contributed by atoms with Crippen LogP contribution >= 0.6 is 27.5 Å². The van der Waals surface area contributed by atoms with Crippen molar-refractivity contribution < 1.29 is 4.79 Å². The molecule has 0 N–H and O–H groups in total. The van der Waals surface area contributed by atoms with Gasteiger partial charge in [0.05, 0.1) is 11.2 Å².